The Morgan fingerprint density at radius 3 is 2.80 bits per heavy atom. The highest BCUT2D eigenvalue weighted by Crippen LogP contribution is 2.29. The second-order valence-corrected chi connectivity index (χ2v) is 4.95. The van der Waals surface area contributed by atoms with E-state index in [1.807, 2.05) is 17.0 Å². The lowest BCUT2D eigenvalue weighted by Gasteiger charge is -2.22. The molecule has 0 bridgehead atoms. The molecular formula is C15H15N3O2. The fourth-order valence-electron chi connectivity index (χ4n) is 2.17. The van der Waals surface area contributed by atoms with E-state index in [-0.39, 0.29) is 17.5 Å². The van der Waals surface area contributed by atoms with Crippen molar-refractivity contribution in [3.8, 4) is 0 Å². The molecule has 5 heteroatoms. The summed E-state index contributed by atoms with van der Waals surface area (Å²) in [4.78, 5) is 32.3. The Morgan fingerprint density at radius 1 is 1.30 bits per heavy atom. The number of aromatic amines is 1. The third-order valence-electron chi connectivity index (χ3n) is 3.32. The smallest absolute Gasteiger partial charge is 0.270 e. The van der Waals surface area contributed by atoms with Crippen LogP contribution in [0, 0.1) is 0 Å². The number of pyridine rings is 2. The van der Waals surface area contributed by atoms with E-state index in [1.165, 1.54) is 6.07 Å². The Labute approximate surface area is 116 Å². The summed E-state index contributed by atoms with van der Waals surface area (Å²) < 4.78 is 0. The molecule has 20 heavy (non-hydrogen) atoms. The molecule has 5 nitrogen and oxygen atoms in total. The third-order valence-corrected chi connectivity index (χ3v) is 3.32. The maximum Gasteiger partial charge on any atom is 0.270 e. The van der Waals surface area contributed by atoms with E-state index in [0.29, 0.717) is 12.2 Å². The molecule has 0 aliphatic heterocycles. The summed E-state index contributed by atoms with van der Waals surface area (Å²) in [6.07, 6.45) is 5.50. The molecule has 1 N–H and O–H groups in total. The lowest BCUT2D eigenvalue weighted by molar-refractivity contribution is 0.0723. The van der Waals surface area contributed by atoms with Crippen LogP contribution < -0.4 is 5.56 Å². The van der Waals surface area contributed by atoms with E-state index < -0.39 is 0 Å². The van der Waals surface area contributed by atoms with Crippen molar-refractivity contribution in [3.05, 3.63) is 64.3 Å². The summed E-state index contributed by atoms with van der Waals surface area (Å²) in [6.45, 7) is 0.522. The van der Waals surface area contributed by atoms with Gasteiger partial charge in [0.05, 0.1) is 0 Å². The van der Waals surface area contributed by atoms with Crippen LogP contribution in [0.25, 0.3) is 0 Å². The van der Waals surface area contributed by atoms with Gasteiger partial charge in [-0.05, 0) is 30.5 Å². The van der Waals surface area contributed by atoms with Gasteiger partial charge < -0.3 is 9.88 Å². The average Bonchev–Trinajstić information content (AvgIpc) is 3.30. The van der Waals surface area contributed by atoms with E-state index in [0.717, 1.165) is 18.4 Å². The number of nitrogens with zero attached hydrogens (tertiary/aromatic N) is 2. The number of aromatic nitrogens is 2. The minimum atomic E-state index is -0.257. The van der Waals surface area contributed by atoms with Crippen LogP contribution in [-0.2, 0) is 6.54 Å². The third kappa shape index (κ3) is 2.77. The van der Waals surface area contributed by atoms with Gasteiger partial charge in [0.25, 0.3) is 5.91 Å². The van der Waals surface area contributed by atoms with Crippen LogP contribution in [0.1, 0.15) is 28.9 Å². The Hall–Kier alpha value is -2.43. The minimum Gasteiger partial charge on any atom is -0.330 e. The number of carbonyl (C=O) groups excluding carboxylic acids is 1. The molecular weight excluding hydrogens is 254 g/mol. The van der Waals surface area contributed by atoms with Gasteiger partial charge in [0.1, 0.15) is 5.69 Å². The van der Waals surface area contributed by atoms with Gasteiger partial charge in [0, 0.05) is 31.0 Å². The summed E-state index contributed by atoms with van der Waals surface area (Å²) in [6, 6.07) is 8.72. The van der Waals surface area contributed by atoms with E-state index in [1.54, 1.807) is 24.5 Å². The monoisotopic (exact) mass is 269 g/mol. The zero-order chi connectivity index (χ0) is 13.9. The van der Waals surface area contributed by atoms with E-state index in [9.17, 15) is 9.59 Å². The van der Waals surface area contributed by atoms with Crippen molar-refractivity contribution in [3.63, 3.8) is 0 Å². The molecule has 2 aromatic heterocycles. The van der Waals surface area contributed by atoms with E-state index >= 15 is 0 Å². The minimum absolute atomic E-state index is 0.131. The normalized spacial score (nSPS) is 14.0. The highest BCUT2D eigenvalue weighted by Gasteiger charge is 2.33. The zero-order valence-electron chi connectivity index (χ0n) is 11.0. The molecule has 2 aromatic rings. The molecule has 0 saturated heterocycles. The number of hydrogen-bond donors (Lipinski definition) is 1. The molecule has 102 valence electrons. The molecule has 2 heterocycles. The Morgan fingerprint density at radius 2 is 2.15 bits per heavy atom. The summed E-state index contributed by atoms with van der Waals surface area (Å²) in [5.74, 6) is -0.131. The Bertz CT molecular complexity index is 662. The molecule has 0 aromatic carbocycles. The molecule has 3 rings (SSSR count). The summed E-state index contributed by atoms with van der Waals surface area (Å²) in [5.41, 5.74) is 1.08. The maximum absolute atomic E-state index is 12.5. The van der Waals surface area contributed by atoms with Gasteiger partial charge in [-0.25, -0.2) is 0 Å². The fraction of sp³-hybridized carbons (Fsp3) is 0.267. The van der Waals surface area contributed by atoms with Crippen molar-refractivity contribution < 1.29 is 4.79 Å². The van der Waals surface area contributed by atoms with Crippen LogP contribution in [0.3, 0.4) is 0 Å². The van der Waals surface area contributed by atoms with Crippen molar-refractivity contribution in [2.24, 2.45) is 0 Å². The maximum atomic E-state index is 12.5. The Balaban J connectivity index is 1.84. The van der Waals surface area contributed by atoms with Gasteiger partial charge in [0.2, 0.25) is 5.56 Å². The van der Waals surface area contributed by atoms with Crippen molar-refractivity contribution >= 4 is 5.91 Å². The Kier molecular flexibility index (Phi) is 3.33. The van der Waals surface area contributed by atoms with Gasteiger partial charge >= 0.3 is 0 Å². The van der Waals surface area contributed by atoms with Gasteiger partial charge in [-0.3, -0.25) is 14.6 Å². The molecule has 1 aliphatic rings. The zero-order valence-corrected chi connectivity index (χ0v) is 11.0. The number of rotatable bonds is 4. The summed E-state index contributed by atoms with van der Waals surface area (Å²) in [5, 5.41) is 0. The van der Waals surface area contributed by atoms with Crippen molar-refractivity contribution in [1.82, 2.24) is 14.9 Å². The number of nitrogens with one attached hydrogen (secondary N) is 1. The topological polar surface area (TPSA) is 66.1 Å². The first-order valence-electron chi connectivity index (χ1n) is 6.63. The van der Waals surface area contributed by atoms with Gasteiger partial charge in [-0.2, -0.15) is 0 Å². The highest BCUT2D eigenvalue weighted by atomic mass is 16.2. The lowest BCUT2D eigenvalue weighted by atomic mass is 10.2. The average molecular weight is 269 g/mol. The van der Waals surface area contributed by atoms with Gasteiger partial charge in [0.15, 0.2) is 0 Å². The number of H-pyrrole nitrogens is 1. The largest absolute Gasteiger partial charge is 0.330 e. The van der Waals surface area contributed by atoms with Crippen LogP contribution in [0.15, 0.2) is 47.5 Å². The predicted octanol–water partition coefficient (Wildman–Crippen LogP) is 1.57. The fourth-order valence-corrected chi connectivity index (χ4v) is 2.17. The number of hydrogen-bond acceptors (Lipinski definition) is 3. The second-order valence-electron chi connectivity index (χ2n) is 4.95. The van der Waals surface area contributed by atoms with Crippen LogP contribution in [0.5, 0.6) is 0 Å². The standard InChI is InChI=1S/C15H15N3O2/c19-14-5-1-4-13(17-14)15(20)18(12-6-7-12)10-11-3-2-8-16-9-11/h1-5,8-9,12H,6-7,10H2,(H,17,19). The summed E-state index contributed by atoms with van der Waals surface area (Å²) in [7, 11) is 0. The van der Waals surface area contributed by atoms with Crippen molar-refractivity contribution in [2.45, 2.75) is 25.4 Å². The molecule has 0 unspecified atom stereocenters. The predicted molar refractivity (Wildman–Crippen MR) is 74.2 cm³/mol. The second kappa shape index (κ2) is 5.28. The SMILES string of the molecule is O=C(c1cccc(=O)[nH]1)N(Cc1cccnc1)C1CC1. The van der Waals surface area contributed by atoms with E-state index in [4.69, 9.17) is 0 Å². The van der Waals surface area contributed by atoms with Crippen LogP contribution in [-0.4, -0.2) is 26.8 Å². The molecule has 1 fully saturated rings. The number of amides is 1. The first kappa shape index (κ1) is 12.6. The van der Waals surface area contributed by atoms with Crippen molar-refractivity contribution in [2.75, 3.05) is 0 Å². The van der Waals surface area contributed by atoms with E-state index in [2.05, 4.69) is 9.97 Å². The summed E-state index contributed by atoms with van der Waals surface area (Å²) >= 11 is 0. The molecule has 1 saturated carbocycles. The first-order chi connectivity index (χ1) is 9.74. The van der Waals surface area contributed by atoms with Crippen molar-refractivity contribution in [1.29, 1.82) is 0 Å². The first-order valence-corrected chi connectivity index (χ1v) is 6.63. The van der Waals surface area contributed by atoms with Crippen LogP contribution in [0.4, 0.5) is 0 Å². The molecule has 1 amide bonds. The molecule has 0 radical (unpaired) electrons. The van der Waals surface area contributed by atoms with Gasteiger partial charge in [-0.1, -0.05) is 12.1 Å². The van der Waals surface area contributed by atoms with Gasteiger partial charge in [-0.15, -0.1) is 0 Å². The molecule has 0 atom stereocenters. The molecule has 1 aliphatic carbocycles. The lowest BCUT2D eigenvalue weighted by Crippen LogP contribution is -2.34. The molecule has 0 spiro atoms. The van der Waals surface area contributed by atoms with Crippen LogP contribution in [0.2, 0.25) is 0 Å². The highest BCUT2D eigenvalue weighted by molar-refractivity contribution is 5.92. The number of carbonyl (C=O) groups is 1. The quantitative estimate of drug-likeness (QED) is 0.916. The van der Waals surface area contributed by atoms with Crippen LogP contribution >= 0.6 is 0 Å².